The SMILES string of the molecule is Cc1ccc2c(c1CCC(=O)C(C)C)C(=O)C(=O)C(C(C)C)=C2O. The summed E-state index contributed by atoms with van der Waals surface area (Å²) in [5.41, 5.74) is 2.38. The molecule has 0 aromatic heterocycles. The summed E-state index contributed by atoms with van der Waals surface area (Å²) in [6.45, 7) is 9.09. The minimum absolute atomic E-state index is 0.0666. The Bertz CT molecular complexity index is 751. The minimum Gasteiger partial charge on any atom is -0.507 e. The van der Waals surface area contributed by atoms with Gasteiger partial charge < -0.3 is 5.11 Å². The van der Waals surface area contributed by atoms with Crippen LogP contribution in [0.25, 0.3) is 5.76 Å². The number of benzene rings is 1. The molecule has 0 spiro atoms. The standard InChI is InChI=1S/C20H24O4/c1-10(2)15(21)9-8-13-12(5)6-7-14-17(13)20(24)19(23)16(11(3)4)18(14)22/h6-7,10-11,22H,8-9H2,1-5H3. The van der Waals surface area contributed by atoms with Crippen LogP contribution in [-0.4, -0.2) is 22.5 Å². The quantitative estimate of drug-likeness (QED) is 0.834. The Kier molecular flexibility index (Phi) is 5.07. The predicted molar refractivity (Wildman–Crippen MR) is 93.1 cm³/mol. The lowest BCUT2D eigenvalue weighted by Gasteiger charge is -2.23. The Hall–Kier alpha value is -2.23. The summed E-state index contributed by atoms with van der Waals surface area (Å²) in [4.78, 5) is 37.0. The van der Waals surface area contributed by atoms with Gasteiger partial charge >= 0.3 is 0 Å². The average Bonchev–Trinajstić information content (AvgIpc) is 2.50. The molecule has 0 aliphatic heterocycles. The second kappa shape index (κ2) is 6.71. The van der Waals surface area contributed by atoms with E-state index in [1.807, 2.05) is 26.8 Å². The Morgan fingerprint density at radius 3 is 2.25 bits per heavy atom. The van der Waals surface area contributed by atoms with Gasteiger partial charge in [0.05, 0.1) is 0 Å². The molecule has 0 fully saturated rings. The molecular formula is C20H24O4. The number of aryl methyl sites for hydroxylation is 1. The number of aliphatic hydroxyl groups is 1. The van der Waals surface area contributed by atoms with Crippen molar-refractivity contribution >= 4 is 23.1 Å². The molecule has 0 heterocycles. The van der Waals surface area contributed by atoms with E-state index in [1.54, 1.807) is 19.9 Å². The molecule has 0 atom stereocenters. The van der Waals surface area contributed by atoms with Crippen LogP contribution in [0.1, 0.15) is 61.2 Å². The molecule has 1 aromatic carbocycles. The van der Waals surface area contributed by atoms with Gasteiger partial charge in [0, 0.05) is 29.0 Å². The fourth-order valence-corrected chi connectivity index (χ4v) is 3.09. The highest BCUT2D eigenvalue weighted by atomic mass is 16.3. The number of hydrogen-bond acceptors (Lipinski definition) is 4. The lowest BCUT2D eigenvalue weighted by Crippen LogP contribution is -2.28. The van der Waals surface area contributed by atoms with E-state index in [0.717, 1.165) is 5.56 Å². The Morgan fingerprint density at radius 1 is 1.08 bits per heavy atom. The van der Waals surface area contributed by atoms with E-state index in [1.165, 1.54) is 0 Å². The number of rotatable bonds is 5. The molecule has 0 unspecified atom stereocenters. The maximum Gasteiger partial charge on any atom is 0.234 e. The van der Waals surface area contributed by atoms with E-state index in [4.69, 9.17) is 0 Å². The normalized spacial score (nSPS) is 14.6. The summed E-state index contributed by atoms with van der Waals surface area (Å²) in [5.74, 6) is -1.52. The fraction of sp³-hybridized carbons (Fsp3) is 0.450. The fourth-order valence-electron chi connectivity index (χ4n) is 3.09. The van der Waals surface area contributed by atoms with Crippen molar-refractivity contribution < 1.29 is 19.5 Å². The van der Waals surface area contributed by atoms with E-state index in [2.05, 4.69) is 0 Å². The summed E-state index contributed by atoms with van der Waals surface area (Å²) < 4.78 is 0. The van der Waals surface area contributed by atoms with Crippen LogP contribution in [0.15, 0.2) is 17.7 Å². The van der Waals surface area contributed by atoms with Crippen molar-refractivity contribution in [2.75, 3.05) is 0 Å². The van der Waals surface area contributed by atoms with Gasteiger partial charge in [-0.2, -0.15) is 0 Å². The topological polar surface area (TPSA) is 71.4 Å². The van der Waals surface area contributed by atoms with Gasteiger partial charge in [0.1, 0.15) is 11.5 Å². The van der Waals surface area contributed by atoms with E-state index < -0.39 is 11.6 Å². The van der Waals surface area contributed by atoms with Crippen molar-refractivity contribution in [2.45, 2.75) is 47.5 Å². The third kappa shape index (κ3) is 3.05. The molecule has 1 N–H and O–H groups in total. The number of fused-ring (bicyclic) bond motifs is 1. The zero-order chi connectivity index (χ0) is 18.2. The highest BCUT2D eigenvalue weighted by Crippen LogP contribution is 2.35. The first-order chi connectivity index (χ1) is 11.2. The van der Waals surface area contributed by atoms with Crippen LogP contribution in [0.3, 0.4) is 0 Å². The van der Waals surface area contributed by atoms with Gasteiger partial charge in [-0.3, -0.25) is 14.4 Å². The van der Waals surface area contributed by atoms with E-state index in [0.29, 0.717) is 24.0 Å². The van der Waals surface area contributed by atoms with Crippen LogP contribution in [0.5, 0.6) is 0 Å². The number of carbonyl (C=O) groups excluding carboxylic acids is 3. The van der Waals surface area contributed by atoms with Crippen molar-refractivity contribution in [3.05, 3.63) is 40.0 Å². The minimum atomic E-state index is -0.642. The van der Waals surface area contributed by atoms with E-state index >= 15 is 0 Å². The van der Waals surface area contributed by atoms with E-state index in [-0.39, 0.29) is 34.5 Å². The monoisotopic (exact) mass is 328 g/mol. The maximum atomic E-state index is 12.6. The zero-order valence-corrected chi connectivity index (χ0v) is 14.9. The Morgan fingerprint density at radius 2 is 1.71 bits per heavy atom. The van der Waals surface area contributed by atoms with Gasteiger partial charge in [-0.05, 0) is 30.4 Å². The molecule has 4 nitrogen and oxygen atoms in total. The molecule has 1 aromatic rings. The van der Waals surface area contributed by atoms with Crippen LogP contribution in [0.4, 0.5) is 0 Å². The van der Waals surface area contributed by atoms with Gasteiger partial charge in [-0.25, -0.2) is 0 Å². The molecule has 0 saturated heterocycles. The number of aliphatic hydroxyl groups excluding tert-OH is 1. The Balaban J connectivity index is 2.57. The maximum absolute atomic E-state index is 12.6. The first-order valence-electron chi connectivity index (χ1n) is 8.34. The summed E-state index contributed by atoms with van der Waals surface area (Å²) in [6.07, 6.45) is 0.716. The molecule has 4 heteroatoms. The third-order valence-corrected chi connectivity index (χ3v) is 4.58. The molecule has 128 valence electrons. The lowest BCUT2D eigenvalue weighted by atomic mass is 9.79. The van der Waals surface area contributed by atoms with Crippen molar-refractivity contribution in [3.63, 3.8) is 0 Å². The van der Waals surface area contributed by atoms with Crippen LogP contribution >= 0.6 is 0 Å². The summed E-state index contributed by atoms with van der Waals surface area (Å²) in [6, 6.07) is 3.51. The van der Waals surface area contributed by atoms with Gasteiger partial charge in [0.2, 0.25) is 11.6 Å². The average molecular weight is 328 g/mol. The first kappa shape index (κ1) is 18.1. The van der Waals surface area contributed by atoms with E-state index in [9.17, 15) is 19.5 Å². The summed E-state index contributed by atoms with van der Waals surface area (Å²) >= 11 is 0. The van der Waals surface area contributed by atoms with Crippen LogP contribution in [0.2, 0.25) is 0 Å². The number of Topliss-reactive ketones (excluding diaryl/α,β-unsaturated/α-hetero) is 3. The van der Waals surface area contributed by atoms with Crippen molar-refractivity contribution in [1.82, 2.24) is 0 Å². The predicted octanol–water partition coefficient (Wildman–Crippen LogP) is 3.84. The van der Waals surface area contributed by atoms with Crippen LogP contribution < -0.4 is 0 Å². The van der Waals surface area contributed by atoms with Crippen LogP contribution in [-0.2, 0) is 16.0 Å². The summed E-state index contributed by atoms with van der Waals surface area (Å²) in [7, 11) is 0. The molecule has 0 saturated carbocycles. The summed E-state index contributed by atoms with van der Waals surface area (Å²) in [5, 5.41) is 10.5. The zero-order valence-electron chi connectivity index (χ0n) is 14.9. The van der Waals surface area contributed by atoms with Gasteiger partial charge in [-0.15, -0.1) is 0 Å². The van der Waals surface area contributed by atoms with Gasteiger partial charge in [0.25, 0.3) is 0 Å². The third-order valence-electron chi connectivity index (χ3n) is 4.58. The van der Waals surface area contributed by atoms with Gasteiger partial charge in [0.15, 0.2) is 0 Å². The van der Waals surface area contributed by atoms with Crippen molar-refractivity contribution in [1.29, 1.82) is 0 Å². The smallest absolute Gasteiger partial charge is 0.234 e. The number of hydrogen-bond donors (Lipinski definition) is 1. The highest BCUT2D eigenvalue weighted by Gasteiger charge is 2.36. The second-order valence-corrected chi connectivity index (χ2v) is 6.98. The lowest BCUT2D eigenvalue weighted by molar-refractivity contribution is -0.121. The Labute approximate surface area is 142 Å². The number of carbonyl (C=O) groups is 3. The molecule has 0 amide bonds. The molecule has 24 heavy (non-hydrogen) atoms. The molecule has 0 radical (unpaired) electrons. The first-order valence-corrected chi connectivity index (χ1v) is 8.34. The molecule has 1 aliphatic carbocycles. The molecule has 2 rings (SSSR count). The largest absolute Gasteiger partial charge is 0.507 e. The molecular weight excluding hydrogens is 304 g/mol. The number of allylic oxidation sites excluding steroid dienone is 1. The number of ketones is 3. The van der Waals surface area contributed by atoms with Crippen LogP contribution in [0, 0.1) is 18.8 Å². The molecule has 1 aliphatic rings. The second-order valence-electron chi connectivity index (χ2n) is 6.98. The van der Waals surface area contributed by atoms with Gasteiger partial charge in [-0.1, -0.05) is 39.8 Å². The highest BCUT2D eigenvalue weighted by molar-refractivity contribution is 6.52. The van der Waals surface area contributed by atoms with Crippen molar-refractivity contribution in [2.24, 2.45) is 11.8 Å². The van der Waals surface area contributed by atoms with Crippen molar-refractivity contribution in [3.8, 4) is 0 Å². The molecule has 0 bridgehead atoms.